The number of nitrogens with zero attached hydrogens (tertiary/aromatic N) is 4. The molecule has 3 saturated heterocycles. The summed E-state index contributed by atoms with van der Waals surface area (Å²) < 4.78 is 0. The van der Waals surface area contributed by atoms with Gasteiger partial charge in [0.2, 0.25) is 11.8 Å². The number of aryl methyl sites for hydroxylation is 1. The number of anilines is 1. The van der Waals surface area contributed by atoms with Gasteiger partial charge in [-0.15, -0.1) is 0 Å². The van der Waals surface area contributed by atoms with E-state index in [-0.39, 0.29) is 24.1 Å². The van der Waals surface area contributed by atoms with Crippen molar-refractivity contribution in [1.82, 2.24) is 20.0 Å². The van der Waals surface area contributed by atoms with E-state index in [2.05, 4.69) is 93.7 Å². The number of aromatic hydroxyl groups is 1. The fourth-order valence-corrected chi connectivity index (χ4v) is 10.6. The van der Waals surface area contributed by atoms with Crippen molar-refractivity contribution < 1.29 is 19.5 Å². The highest BCUT2D eigenvalue weighted by molar-refractivity contribution is 6.05. The van der Waals surface area contributed by atoms with E-state index in [9.17, 15) is 19.5 Å². The van der Waals surface area contributed by atoms with E-state index in [0.717, 1.165) is 69.9 Å². The number of hydrogen-bond acceptors (Lipinski definition) is 7. The van der Waals surface area contributed by atoms with Crippen LogP contribution in [0.2, 0.25) is 0 Å². The highest BCUT2D eigenvalue weighted by Crippen LogP contribution is 2.51. The molecule has 55 heavy (non-hydrogen) atoms. The summed E-state index contributed by atoms with van der Waals surface area (Å²) in [5, 5.41) is 12.7. The fraction of sp³-hybridized carbons (Fsp3) is 0.457. The number of phenolic OH excluding ortho intramolecular Hbond substituents is 1. The number of carbonyl (C=O) groups excluding carboxylic acids is 3. The van der Waals surface area contributed by atoms with Gasteiger partial charge in [0.1, 0.15) is 11.8 Å². The molecule has 4 aliphatic heterocycles. The maximum absolute atomic E-state index is 13.2. The van der Waals surface area contributed by atoms with Crippen LogP contribution >= 0.6 is 0 Å². The predicted octanol–water partition coefficient (Wildman–Crippen LogP) is 6.21. The van der Waals surface area contributed by atoms with Gasteiger partial charge in [-0.05, 0) is 120 Å². The molecule has 286 valence electrons. The first-order chi connectivity index (χ1) is 26.8. The summed E-state index contributed by atoms with van der Waals surface area (Å²) in [6.45, 7) is 10.1. The number of benzene rings is 3. The number of likely N-dealkylation sites (tertiary alicyclic amines) is 1. The quantitative estimate of drug-likeness (QED) is 0.279. The second-order valence-electron chi connectivity index (χ2n) is 16.8. The highest BCUT2D eigenvalue weighted by Gasteiger charge is 2.40. The first-order valence-corrected chi connectivity index (χ1v) is 20.6. The van der Waals surface area contributed by atoms with E-state index in [1.165, 1.54) is 35.2 Å². The molecule has 0 bridgehead atoms. The lowest BCUT2D eigenvalue weighted by molar-refractivity contribution is -0.136. The van der Waals surface area contributed by atoms with Gasteiger partial charge >= 0.3 is 0 Å². The van der Waals surface area contributed by atoms with Crippen LogP contribution in [0.15, 0.2) is 90.7 Å². The molecule has 0 radical (unpaired) electrons. The van der Waals surface area contributed by atoms with Gasteiger partial charge in [0.25, 0.3) is 5.91 Å². The van der Waals surface area contributed by atoms with Gasteiger partial charge in [0.05, 0.1) is 0 Å². The highest BCUT2D eigenvalue weighted by atomic mass is 16.3. The minimum atomic E-state index is -0.584. The van der Waals surface area contributed by atoms with Gasteiger partial charge in [0.15, 0.2) is 0 Å². The van der Waals surface area contributed by atoms with Crippen LogP contribution in [0.4, 0.5) is 5.69 Å². The number of piperazine rings is 1. The van der Waals surface area contributed by atoms with Crippen molar-refractivity contribution in [1.29, 1.82) is 0 Å². The zero-order valence-corrected chi connectivity index (χ0v) is 31.9. The Morgan fingerprint density at radius 1 is 0.800 bits per heavy atom. The van der Waals surface area contributed by atoms with Crippen LogP contribution < -0.4 is 10.2 Å². The number of allylic oxidation sites excluding steroid dienone is 3. The monoisotopic (exact) mass is 739 g/mol. The molecule has 0 saturated carbocycles. The van der Waals surface area contributed by atoms with E-state index in [4.69, 9.17) is 0 Å². The molecule has 6 aliphatic rings. The molecular formula is C46H53N5O4. The molecule has 5 atom stereocenters. The van der Waals surface area contributed by atoms with Gasteiger partial charge in [0, 0.05) is 75.7 Å². The number of phenols is 1. The number of rotatable bonds is 7. The Balaban J connectivity index is 0.775. The molecule has 0 aromatic heterocycles. The van der Waals surface area contributed by atoms with Crippen LogP contribution in [0, 0.1) is 17.8 Å². The van der Waals surface area contributed by atoms with Gasteiger partial charge in [-0.2, -0.15) is 0 Å². The second kappa shape index (κ2) is 15.0. The minimum Gasteiger partial charge on any atom is -0.508 e. The summed E-state index contributed by atoms with van der Waals surface area (Å²) >= 11 is 0. The van der Waals surface area contributed by atoms with Crippen LogP contribution in [0.25, 0.3) is 0 Å². The lowest BCUT2D eigenvalue weighted by atomic mass is 9.63. The van der Waals surface area contributed by atoms with Gasteiger partial charge in [-0.1, -0.05) is 55.5 Å². The molecule has 2 aliphatic carbocycles. The SMILES string of the molecule is CC1C=C(N2CCC(CN3CCN(c4ccc5c(c4)CN([C@H]4CCC(=O)NC4=O)C5=O)CC3)CC2)C=CC1[C@@H]1c2ccc(O)cc2CC[C@@H]1c1ccccc1. The van der Waals surface area contributed by atoms with Crippen molar-refractivity contribution in [3.05, 3.63) is 118 Å². The topological polar surface area (TPSA) is 96.4 Å². The lowest BCUT2D eigenvalue weighted by Gasteiger charge is -2.43. The summed E-state index contributed by atoms with van der Waals surface area (Å²) in [6.07, 6.45) is 12.6. The Kier molecular flexibility index (Phi) is 9.75. The number of fused-ring (bicyclic) bond motifs is 2. The van der Waals surface area contributed by atoms with Crippen LogP contribution in [-0.4, -0.2) is 89.4 Å². The summed E-state index contributed by atoms with van der Waals surface area (Å²) in [7, 11) is 0. The Bertz CT molecular complexity index is 2010. The first kappa shape index (κ1) is 35.8. The molecule has 2 N–H and O–H groups in total. The molecule has 4 heterocycles. The summed E-state index contributed by atoms with van der Waals surface area (Å²) in [4.78, 5) is 46.6. The molecule has 3 aromatic rings. The Hall–Kier alpha value is -4.89. The van der Waals surface area contributed by atoms with Crippen molar-refractivity contribution >= 4 is 23.4 Å². The third kappa shape index (κ3) is 7.08. The molecule has 9 rings (SSSR count). The lowest BCUT2D eigenvalue weighted by Crippen LogP contribution is -2.52. The normalized spacial score (nSPS) is 27.5. The largest absolute Gasteiger partial charge is 0.508 e. The van der Waals surface area contributed by atoms with Crippen molar-refractivity contribution in [3.63, 3.8) is 0 Å². The zero-order valence-electron chi connectivity index (χ0n) is 31.9. The molecule has 3 amide bonds. The second-order valence-corrected chi connectivity index (χ2v) is 16.8. The maximum atomic E-state index is 13.2. The standard InChI is InChI=1S/C46H53N5O4/c1-30-25-35(8-12-38(30)44-39(32-5-3-2-4-6-32)11-7-33-27-37(52)10-14-40(33)44)49-19-17-31(18-20-49)28-48-21-23-50(24-22-48)36-9-13-41-34(26-36)29-51(46(41)55)42-15-16-43(53)47-45(42)54/h2-6,8-10,12-14,25-27,30-31,38-39,42,44,52H,7,11,15-24,28-29H2,1H3,(H,47,53,54)/t30?,38?,39-,42+,44+/m1/s1. The van der Waals surface area contributed by atoms with Crippen molar-refractivity contribution in [2.45, 2.75) is 69.9 Å². The fourth-order valence-electron chi connectivity index (χ4n) is 10.6. The van der Waals surface area contributed by atoms with Crippen molar-refractivity contribution in [2.75, 3.05) is 50.7 Å². The average molecular weight is 740 g/mol. The Morgan fingerprint density at radius 3 is 2.36 bits per heavy atom. The van der Waals surface area contributed by atoms with Crippen LogP contribution in [-0.2, 0) is 22.6 Å². The van der Waals surface area contributed by atoms with Gasteiger partial charge in [-0.25, -0.2) is 0 Å². The van der Waals surface area contributed by atoms with Gasteiger partial charge < -0.3 is 19.8 Å². The molecule has 9 nitrogen and oxygen atoms in total. The Morgan fingerprint density at radius 2 is 1.60 bits per heavy atom. The van der Waals surface area contributed by atoms with Crippen LogP contribution in [0.1, 0.15) is 83.5 Å². The first-order valence-electron chi connectivity index (χ1n) is 20.6. The number of nitrogens with one attached hydrogen (secondary N) is 1. The maximum Gasteiger partial charge on any atom is 0.255 e. The van der Waals surface area contributed by atoms with E-state index in [1.807, 2.05) is 18.2 Å². The molecular weight excluding hydrogens is 687 g/mol. The van der Waals surface area contributed by atoms with E-state index < -0.39 is 6.04 Å². The summed E-state index contributed by atoms with van der Waals surface area (Å²) in [6, 6.07) is 22.6. The summed E-state index contributed by atoms with van der Waals surface area (Å²) in [5.74, 6) is 1.98. The van der Waals surface area contributed by atoms with E-state index in [0.29, 0.717) is 53.9 Å². The molecule has 3 aromatic carbocycles. The predicted molar refractivity (Wildman–Crippen MR) is 214 cm³/mol. The number of piperidine rings is 2. The average Bonchev–Trinajstić information content (AvgIpc) is 3.53. The van der Waals surface area contributed by atoms with Crippen LogP contribution in [0.3, 0.4) is 0 Å². The third-order valence-electron chi connectivity index (χ3n) is 13.6. The number of carbonyl (C=O) groups is 3. The van der Waals surface area contributed by atoms with E-state index in [1.54, 1.807) is 4.90 Å². The zero-order chi connectivity index (χ0) is 37.6. The summed E-state index contributed by atoms with van der Waals surface area (Å²) in [5.41, 5.74) is 8.28. The molecule has 0 spiro atoms. The van der Waals surface area contributed by atoms with Crippen molar-refractivity contribution in [3.8, 4) is 5.75 Å². The van der Waals surface area contributed by atoms with Crippen molar-refractivity contribution in [2.24, 2.45) is 17.8 Å². The molecule has 9 heteroatoms. The molecule has 3 fully saturated rings. The van der Waals surface area contributed by atoms with Crippen LogP contribution in [0.5, 0.6) is 5.75 Å². The number of amides is 3. The van der Waals surface area contributed by atoms with Gasteiger partial charge in [-0.3, -0.25) is 24.6 Å². The Labute approximate surface area is 324 Å². The minimum absolute atomic E-state index is 0.119. The third-order valence-corrected chi connectivity index (χ3v) is 13.6. The number of hydrogen-bond donors (Lipinski definition) is 2. The molecule has 2 unspecified atom stereocenters. The number of imide groups is 1. The van der Waals surface area contributed by atoms with E-state index >= 15 is 0 Å². The smallest absolute Gasteiger partial charge is 0.255 e.